The van der Waals surface area contributed by atoms with Gasteiger partial charge in [-0.05, 0) is 30.0 Å². The largest absolute Gasteiger partial charge is 0.341 e. The van der Waals surface area contributed by atoms with Crippen molar-refractivity contribution in [3.05, 3.63) is 46.9 Å². The van der Waals surface area contributed by atoms with Crippen LogP contribution >= 0.6 is 23.1 Å². The van der Waals surface area contributed by atoms with Gasteiger partial charge < -0.3 is 4.90 Å². The Bertz CT molecular complexity index is 776. The Morgan fingerprint density at radius 2 is 2.08 bits per heavy atom. The van der Waals surface area contributed by atoms with Crippen molar-refractivity contribution in [2.45, 2.75) is 16.6 Å². The lowest BCUT2D eigenvalue weighted by Crippen LogP contribution is -2.34. The van der Waals surface area contributed by atoms with E-state index in [1.165, 1.54) is 23.1 Å². The Balaban J connectivity index is 1.63. The molecular weight excluding hydrogens is 364 g/mol. The highest BCUT2D eigenvalue weighted by Crippen LogP contribution is 2.32. The van der Waals surface area contributed by atoms with Crippen LogP contribution in [0.15, 0.2) is 46.9 Å². The molecule has 0 bridgehead atoms. The number of thiophene rings is 1. The monoisotopic (exact) mass is 382 g/mol. The van der Waals surface area contributed by atoms with Gasteiger partial charge in [0.25, 0.3) is 0 Å². The highest BCUT2D eigenvalue weighted by molar-refractivity contribution is 8.00. The second-order valence-electron chi connectivity index (χ2n) is 5.51. The molecule has 1 aliphatic rings. The minimum atomic E-state index is -3.22. The van der Waals surface area contributed by atoms with Crippen LogP contribution < -0.4 is 0 Å². The zero-order valence-corrected chi connectivity index (χ0v) is 15.4. The van der Waals surface area contributed by atoms with Crippen molar-refractivity contribution in [1.82, 2.24) is 9.88 Å². The van der Waals surface area contributed by atoms with Gasteiger partial charge in [0.1, 0.15) is 0 Å². The maximum absolute atomic E-state index is 12.5. The lowest BCUT2D eigenvalue weighted by Gasteiger charge is -2.19. The van der Waals surface area contributed by atoms with E-state index in [1.54, 1.807) is 17.3 Å². The second kappa shape index (κ2) is 7.67. The van der Waals surface area contributed by atoms with Crippen molar-refractivity contribution >= 4 is 38.8 Å². The summed E-state index contributed by atoms with van der Waals surface area (Å²) in [6, 6.07) is 7.45. The van der Waals surface area contributed by atoms with Gasteiger partial charge in [-0.25, -0.2) is 8.42 Å². The first-order chi connectivity index (χ1) is 11.6. The summed E-state index contributed by atoms with van der Waals surface area (Å²) in [5.41, 5.74) is 0. The second-order valence-corrected chi connectivity index (χ2v) is 9.84. The number of amides is 1. The molecule has 0 unspecified atom stereocenters. The third-order valence-corrected chi connectivity index (χ3v) is 8.21. The molecule has 3 rings (SSSR count). The Labute approximate surface area is 150 Å². The van der Waals surface area contributed by atoms with Crippen LogP contribution in [0.5, 0.6) is 0 Å². The van der Waals surface area contributed by atoms with Gasteiger partial charge in [-0.15, -0.1) is 23.1 Å². The fraction of sp³-hybridized carbons (Fsp3) is 0.375. The summed E-state index contributed by atoms with van der Waals surface area (Å²) in [7, 11) is -3.22. The summed E-state index contributed by atoms with van der Waals surface area (Å²) in [5.74, 6) is 0.327. The number of aromatic nitrogens is 1. The van der Waals surface area contributed by atoms with Crippen molar-refractivity contribution < 1.29 is 13.2 Å². The number of rotatable bonds is 4. The molecular formula is C16H18N2O3S3. The van der Waals surface area contributed by atoms with Gasteiger partial charge >= 0.3 is 0 Å². The first kappa shape index (κ1) is 17.4. The quantitative estimate of drug-likeness (QED) is 0.761. The smallest absolute Gasteiger partial charge is 0.232 e. The summed E-state index contributed by atoms with van der Waals surface area (Å²) in [6.07, 6.45) is 3.85. The third kappa shape index (κ3) is 4.17. The van der Waals surface area contributed by atoms with Gasteiger partial charge in [-0.1, -0.05) is 6.07 Å². The van der Waals surface area contributed by atoms with Gasteiger partial charge in [-0.3, -0.25) is 9.78 Å². The summed E-state index contributed by atoms with van der Waals surface area (Å²) >= 11 is 2.91. The molecule has 2 aromatic rings. The molecule has 3 heterocycles. The minimum Gasteiger partial charge on any atom is -0.341 e. The molecule has 1 saturated heterocycles. The van der Waals surface area contributed by atoms with E-state index in [1.807, 2.05) is 29.6 Å². The van der Waals surface area contributed by atoms with Gasteiger partial charge in [0.15, 0.2) is 9.84 Å². The van der Waals surface area contributed by atoms with Crippen LogP contribution in [0, 0.1) is 0 Å². The number of nitrogens with zero attached hydrogens (tertiary/aromatic N) is 2. The first-order valence-corrected chi connectivity index (χ1v) is 11.2. The van der Waals surface area contributed by atoms with Crippen molar-refractivity contribution in [2.75, 3.05) is 24.6 Å². The topological polar surface area (TPSA) is 67.3 Å². The molecule has 8 heteroatoms. The number of sulfone groups is 1. The standard InChI is InChI=1S/C16H18N2O3S3/c19-16(12-23-13-3-6-17-7-4-13)18-8-5-15(14-2-1-10-22-14)24(20,21)11-9-18/h1-4,6-7,10,15H,5,8-9,11-12H2/t15-/m0/s1. The zero-order chi connectivity index (χ0) is 17.0. The SMILES string of the molecule is O=C(CSc1ccncc1)N1CC[C@@H](c2cccs2)S(=O)(=O)CC1. The molecule has 0 saturated carbocycles. The molecule has 1 aliphatic heterocycles. The maximum atomic E-state index is 12.5. The van der Waals surface area contributed by atoms with Crippen LogP contribution in [0.4, 0.5) is 0 Å². The molecule has 1 amide bonds. The number of hydrogen-bond donors (Lipinski definition) is 0. The Morgan fingerprint density at radius 3 is 2.79 bits per heavy atom. The predicted molar refractivity (Wildman–Crippen MR) is 97.0 cm³/mol. The highest BCUT2D eigenvalue weighted by Gasteiger charge is 2.33. The lowest BCUT2D eigenvalue weighted by atomic mass is 10.2. The summed E-state index contributed by atoms with van der Waals surface area (Å²) in [4.78, 5) is 19.9. The minimum absolute atomic E-state index is 0.0150. The van der Waals surface area contributed by atoms with E-state index in [2.05, 4.69) is 4.98 Å². The summed E-state index contributed by atoms with van der Waals surface area (Å²) < 4.78 is 25.0. The van der Waals surface area contributed by atoms with Crippen LogP contribution in [-0.2, 0) is 14.6 Å². The van der Waals surface area contributed by atoms with E-state index < -0.39 is 15.1 Å². The third-order valence-electron chi connectivity index (χ3n) is 3.97. The molecule has 2 aromatic heterocycles. The summed E-state index contributed by atoms with van der Waals surface area (Å²) in [5, 5.41) is 1.41. The fourth-order valence-electron chi connectivity index (χ4n) is 2.66. The average molecular weight is 383 g/mol. The molecule has 0 aromatic carbocycles. The fourth-order valence-corrected chi connectivity index (χ4v) is 6.45. The number of pyridine rings is 1. The Kier molecular flexibility index (Phi) is 5.57. The van der Waals surface area contributed by atoms with Crippen LogP contribution in [0.1, 0.15) is 16.5 Å². The molecule has 0 N–H and O–H groups in total. The Hall–Kier alpha value is -1.38. The van der Waals surface area contributed by atoms with E-state index in [0.29, 0.717) is 18.7 Å². The highest BCUT2D eigenvalue weighted by atomic mass is 32.2. The molecule has 24 heavy (non-hydrogen) atoms. The van der Waals surface area contributed by atoms with Crippen LogP contribution in [0.25, 0.3) is 0 Å². The van der Waals surface area contributed by atoms with E-state index in [0.717, 1.165) is 9.77 Å². The van der Waals surface area contributed by atoms with E-state index in [-0.39, 0.29) is 18.2 Å². The molecule has 0 radical (unpaired) electrons. The number of carbonyl (C=O) groups excluding carboxylic acids is 1. The number of thioether (sulfide) groups is 1. The predicted octanol–water partition coefficient (Wildman–Crippen LogP) is 2.62. The van der Waals surface area contributed by atoms with E-state index in [9.17, 15) is 13.2 Å². The van der Waals surface area contributed by atoms with Gasteiger partial charge in [0.05, 0.1) is 16.8 Å². The molecule has 1 atom stereocenters. The van der Waals surface area contributed by atoms with Crippen molar-refractivity contribution in [3.63, 3.8) is 0 Å². The summed E-state index contributed by atoms with van der Waals surface area (Å²) in [6.45, 7) is 0.761. The zero-order valence-electron chi connectivity index (χ0n) is 13.0. The molecule has 0 aliphatic carbocycles. The maximum Gasteiger partial charge on any atom is 0.232 e. The van der Waals surface area contributed by atoms with E-state index >= 15 is 0 Å². The molecule has 0 spiro atoms. The number of hydrogen-bond acceptors (Lipinski definition) is 6. The average Bonchev–Trinajstić information content (AvgIpc) is 3.05. The number of carbonyl (C=O) groups is 1. The van der Waals surface area contributed by atoms with Crippen molar-refractivity contribution in [2.24, 2.45) is 0 Å². The molecule has 1 fully saturated rings. The van der Waals surface area contributed by atoms with Gasteiger partial charge in [0.2, 0.25) is 5.91 Å². The van der Waals surface area contributed by atoms with Gasteiger partial charge in [-0.2, -0.15) is 0 Å². The molecule has 128 valence electrons. The van der Waals surface area contributed by atoms with E-state index in [4.69, 9.17) is 0 Å². The van der Waals surface area contributed by atoms with Crippen molar-refractivity contribution in [1.29, 1.82) is 0 Å². The lowest BCUT2D eigenvalue weighted by molar-refractivity contribution is -0.128. The van der Waals surface area contributed by atoms with Crippen LogP contribution in [0.3, 0.4) is 0 Å². The normalized spacial score (nSPS) is 20.5. The molecule has 5 nitrogen and oxygen atoms in total. The van der Waals surface area contributed by atoms with Crippen LogP contribution in [0.2, 0.25) is 0 Å². The van der Waals surface area contributed by atoms with Gasteiger partial charge in [0, 0.05) is 35.3 Å². The first-order valence-electron chi connectivity index (χ1n) is 7.62. The van der Waals surface area contributed by atoms with Crippen LogP contribution in [-0.4, -0.2) is 48.8 Å². The Morgan fingerprint density at radius 1 is 1.29 bits per heavy atom. The van der Waals surface area contributed by atoms with Crippen molar-refractivity contribution in [3.8, 4) is 0 Å².